The molecule has 0 amide bonds. The molecular weight excluding hydrogens is 208 g/mol. The predicted molar refractivity (Wildman–Crippen MR) is 56.4 cm³/mol. The lowest BCUT2D eigenvalue weighted by Crippen LogP contribution is -2.34. The van der Waals surface area contributed by atoms with E-state index in [0.717, 1.165) is 5.76 Å². The molecule has 4 heteroatoms. The molecule has 0 spiro atoms. The zero-order chi connectivity index (χ0) is 11.6. The largest absolute Gasteiger partial charge is 0.469 e. The summed E-state index contributed by atoms with van der Waals surface area (Å²) in [5.74, 6) is 0.286. The molecule has 0 atom stereocenters. The van der Waals surface area contributed by atoms with Crippen LogP contribution in [0.1, 0.15) is 26.0 Å². The number of cyclic esters (lactones) is 1. The number of furan rings is 1. The molecule has 0 saturated carbocycles. The maximum absolute atomic E-state index is 11.2. The highest BCUT2D eigenvalue weighted by Gasteiger charge is 2.29. The molecule has 1 aromatic heterocycles. The Kier molecular flexibility index (Phi) is 2.73. The van der Waals surface area contributed by atoms with Gasteiger partial charge in [-0.15, -0.1) is 0 Å². The van der Waals surface area contributed by atoms with Crippen molar-refractivity contribution in [2.24, 2.45) is 0 Å². The molecule has 0 unspecified atom stereocenters. The summed E-state index contributed by atoms with van der Waals surface area (Å²) in [7, 11) is 0. The van der Waals surface area contributed by atoms with Crippen LogP contribution in [0.2, 0.25) is 0 Å². The molecule has 0 saturated heterocycles. The van der Waals surface area contributed by atoms with Gasteiger partial charge in [0.2, 0.25) is 5.79 Å². The Morgan fingerprint density at radius 2 is 2.06 bits per heavy atom. The van der Waals surface area contributed by atoms with E-state index in [1.807, 2.05) is 12.1 Å². The second-order valence-corrected chi connectivity index (χ2v) is 4.11. The first-order chi connectivity index (χ1) is 7.55. The summed E-state index contributed by atoms with van der Waals surface area (Å²) < 4.78 is 15.7. The van der Waals surface area contributed by atoms with Crippen molar-refractivity contribution >= 4 is 5.97 Å². The highest BCUT2D eigenvalue weighted by atomic mass is 16.7. The quantitative estimate of drug-likeness (QED) is 0.737. The van der Waals surface area contributed by atoms with Crippen molar-refractivity contribution in [2.75, 3.05) is 0 Å². The van der Waals surface area contributed by atoms with Gasteiger partial charge in [-0.25, -0.2) is 4.79 Å². The summed E-state index contributed by atoms with van der Waals surface area (Å²) in [5.41, 5.74) is 0. The average Bonchev–Trinajstić information content (AvgIpc) is 2.63. The van der Waals surface area contributed by atoms with Crippen LogP contribution in [0.4, 0.5) is 0 Å². The van der Waals surface area contributed by atoms with Crippen LogP contribution in [-0.4, -0.2) is 11.8 Å². The SMILES string of the molecule is CC1(C)OC(=O)C=C(CCc2ccco2)O1. The third-order valence-corrected chi connectivity index (χ3v) is 2.20. The number of allylic oxidation sites excluding steroid dienone is 1. The van der Waals surface area contributed by atoms with Gasteiger partial charge in [0, 0.05) is 26.7 Å². The van der Waals surface area contributed by atoms with Gasteiger partial charge in [-0.2, -0.15) is 0 Å². The number of esters is 1. The lowest BCUT2D eigenvalue weighted by molar-refractivity contribution is -0.205. The fourth-order valence-electron chi connectivity index (χ4n) is 1.59. The van der Waals surface area contributed by atoms with Crippen LogP contribution in [0.3, 0.4) is 0 Å². The fourth-order valence-corrected chi connectivity index (χ4v) is 1.59. The standard InChI is InChI=1S/C12H14O4/c1-12(2)15-10(8-11(13)16-12)6-5-9-4-3-7-14-9/h3-4,7-8H,5-6H2,1-2H3. The lowest BCUT2D eigenvalue weighted by atomic mass is 10.2. The molecule has 1 aliphatic rings. The Labute approximate surface area is 93.8 Å². The zero-order valence-corrected chi connectivity index (χ0v) is 9.36. The third-order valence-electron chi connectivity index (χ3n) is 2.20. The molecule has 1 aromatic rings. The van der Waals surface area contributed by atoms with E-state index in [1.165, 1.54) is 6.08 Å². The molecule has 2 heterocycles. The first-order valence-corrected chi connectivity index (χ1v) is 5.20. The highest BCUT2D eigenvalue weighted by molar-refractivity contribution is 5.83. The minimum Gasteiger partial charge on any atom is -0.469 e. The Bertz CT molecular complexity index is 401. The molecule has 2 rings (SSSR count). The topological polar surface area (TPSA) is 48.7 Å². The van der Waals surface area contributed by atoms with E-state index in [2.05, 4.69) is 0 Å². The van der Waals surface area contributed by atoms with Crippen molar-refractivity contribution in [3.05, 3.63) is 36.0 Å². The van der Waals surface area contributed by atoms with E-state index in [4.69, 9.17) is 13.9 Å². The molecule has 1 aliphatic heterocycles. The summed E-state index contributed by atoms with van der Waals surface area (Å²) in [6.07, 6.45) is 4.35. The van der Waals surface area contributed by atoms with Crippen LogP contribution in [0.25, 0.3) is 0 Å². The molecule has 0 N–H and O–H groups in total. The third kappa shape index (κ3) is 2.66. The van der Waals surface area contributed by atoms with E-state index in [1.54, 1.807) is 20.1 Å². The van der Waals surface area contributed by atoms with Crippen LogP contribution in [0, 0.1) is 0 Å². The van der Waals surface area contributed by atoms with Gasteiger partial charge in [0.25, 0.3) is 0 Å². The first-order valence-electron chi connectivity index (χ1n) is 5.20. The summed E-state index contributed by atoms with van der Waals surface area (Å²) in [4.78, 5) is 11.2. The molecule has 0 radical (unpaired) electrons. The second-order valence-electron chi connectivity index (χ2n) is 4.11. The van der Waals surface area contributed by atoms with Gasteiger partial charge in [0.15, 0.2) is 0 Å². The number of carbonyl (C=O) groups excluding carboxylic acids is 1. The first kappa shape index (κ1) is 10.8. The molecule has 86 valence electrons. The number of aryl methyl sites for hydroxylation is 1. The molecule has 0 bridgehead atoms. The van der Waals surface area contributed by atoms with Crippen LogP contribution in [0.5, 0.6) is 0 Å². The van der Waals surface area contributed by atoms with Crippen LogP contribution >= 0.6 is 0 Å². The fraction of sp³-hybridized carbons (Fsp3) is 0.417. The van der Waals surface area contributed by atoms with Gasteiger partial charge < -0.3 is 13.9 Å². The predicted octanol–water partition coefficient (Wildman–Crippen LogP) is 2.41. The maximum atomic E-state index is 11.2. The zero-order valence-electron chi connectivity index (χ0n) is 9.36. The Morgan fingerprint density at radius 1 is 1.25 bits per heavy atom. The molecule has 0 fully saturated rings. The summed E-state index contributed by atoms with van der Waals surface area (Å²) in [6, 6.07) is 3.73. The van der Waals surface area contributed by atoms with E-state index in [0.29, 0.717) is 18.6 Å². The van der Waals surface area contributed by atoms with Crippen molar-refractivity contribution in [2.45, 2.75) is 32.5 Å². The van der Waals surface area contributed by atoms with Crippen molar-refractivity contribution in [1.29, 1.82) is 0 Å². The van der Waals surface area contributed by atoms with Gasteiger partial charge in [0.05, 0.1) is 12.3 Å². The van der Waals surface area contributed by atoms with Crippen molar-refractivity contribution < 1.29 is 18.7 Å². The van der Waals surface area contributed by atoms with Gasteiger partial charge >= 0.3 is 5.97 Å². The minimum atomic E-state index is -0.871. The second kappa shape index (κ2) is 4.04. The lowest BCUT2D eigenvalue weighted by Gasteiger charge is -2.30. The number of hydrogen-bond donors (Lipinski definition) is 0. The average molecular weight is 222 g/mol. The molecule has 0 aromatic carbocycles. The number of hydrogen-bond acceptors (Lipinski definition) is 4. The van der Waals surface area contributed by atoms with Crippen LogP contribution in [-0.2, 0) is 20.7 Å². The number of carbonyl (C=O) groups is 1. The molecule has 0 aliphatic carbocycles. The van der Waals surface area contributed by atoms with Gasteiger partial charge in [-0.3, -0.25) is 0 Å². The monoisotopic (exact) mass is 222 g/mol. The summed E-state index contributed by atoms with van der Waals surface area (Å²) >= 11 is 0. The highest BCUT2D eigenvalue weighted by Crippen LogP contribution is 2.24. The van der Waals surface area contributed by atoms with Crippen molar-refractivity contribution in [3.63, 3.8) is 0 Å². The smallest absolute Gasteiger partial charge is 0.337 e. The van der Waals surface area contributed by atoms with E-state index < -0.39 is 5.79 Å². The normalized spacial score (nSPS) is 18.6. The maximum Gasteiger partial charge on any atom is 0.337 e. The van der Waals surface area contributed by atoms with Crippen LogP contribution in [0.15, 0.2) is 34.6 Å². The van der Waals surface area contributed by atoms with Gasteiger partial charge in [0.1, 0.15) is 11.5 Å². The summed E-state index contributed by atoms with van der Waals surface area (Å²) in [6.45, 7) is 3.43. The van der Waals surface area contributed by atoms with Crippen LogP contribution < -0.4 is 0 Å². The minimum absolute atomic E-state index is 0.356. The molecular formula is C12H14O4. The number of ether oxygens (including phenoxy) is 2. The van der Waals surface area contributed by atoms with Gasteiger partial charge in [-0.05, 0) is 12.1 Å². The molecule has 16 heavy (non-hydrogen) atoms. The Balaban J connectivity index is 1.97. The number of rotatable bonds is 3. The molecule has 4 nitrogen and oxygen atoms in total. The summed E-state index contributed by atoms with van der Waals surface area (Å²) in [5, 5.41) is 0. The Hall–Kier alpha value is -1.71. The van der Waals surface area contributed by atoms with E-state index in [9.17, 15) is 4.79 Å². The van der Waals surface area contributed by atoms with Crippen molar-refractivity contribution in [1.82, 2.24) is 0 Å². The van der Waals surface area contributed by atoms with Crippen molar-refractivity contribution in [3.8, 4) is 0 Å². The van der Waals surface area contributed by atoms with E-state index in [-0.39, 0.29) is 5.97 Å². The van der Waals surface area contributed by atoms with E-state index >= 15 is 0 Å². The Morgan fingerprint density at radius 3 is 2.69 bits per heavy atom. The van der Waals surface area contributed by atoms with Gasteiger partial charge in [-0.1, -0.05) is 0 Å².